The molecule has 2 atom stereocenters. The first-order chi connectivity index (χ1) is 10.2. The second-order valence-electron chi connectivity index (χ2n) is 5.33. The molecule has 0 radical (unpaired) electrons. The van der Waals surface area contributed by atoms with Crippen molar-refractivity contribution < 1.29 is 14.6 Å². The second-order valence-corrected chi connectivity index (χ2v) is 7.04. The minimum Gasteiger partial charge on any atom is -0.465 e. The van der Waals surface area contributed by atoms with Crippen molar-refractivity contribution in [3.05, 3.63) is 35.5 Å². The summed E-state index contributed by atoms with van der Waals surface area (Å²) in [6.45, 7) is 0. The molecule has 0 saturated heterocycles. The minimum absolute atomic E-state index is 0.202. The van der Waals surface area contributed by atoms with Crippen LogP contribution >= 0.6 is 30.3 Å². The van der Waals surface area contributed by atoms with E-state index in [0.29, 0.717) is 11.5 Å². The fraction of sp³-hybridized carbons (Fsp3) is 0.400. The molecule has 112 valence electrons. The Balaban J connectivity index is 2.16. The number of rotatable bonds is 3. The molecule has 6 heteroatoms. The number of carbonyl (C=O) groups is 1. The Bertz CT molecular complexity index is 685. The molecule has 0 aliphatic heterocycles. The predicted molar refractivity (Wildman–Crippen MR) is 92.9 cm³/mol. The van der Waals surface area contributed by atoms with Gasteiger partial charge in [-0.25, -0.2) is 4.79 Å². The monoisotopic (exact) mass is 417 g/mol. The van der Waals surface area contributed by atoms with Gasteiger partial charge in [0, 0.05) is 41.9 Å². The zero-order chi connectivity index (χ0) is 15.0. The lowest BCUT2D eigenvalue weighted by Crippen LogP contribution is -2.05. The zero-order valence-electron chi connectivity index (χ0n) is 11.6. The van der Waals surface area contributed by atoms with Crippen molar-refractivity contribution in [2.75, 3.05) is 7.11 Å². The summed E-state index contributed by atoms with van der Waals surface area (Å²) in [7, 11) is 2.93. The fourth-order valence-electron chi connectivity index (χ4n) is 3.18. The van der Waals surface area contributed by atoms with Crippen molar-refractivity contribution in [1.82, 2.24) is 3.97 Å². The maximum Gasteiger partial charge on any atom is 0.340 e. The summed E-state index contributed by atoms with van der Waals surface area (Å²) in [5.41, 5.74) is 2.71. The van der Waals surface area contributed by atoms with Gasteiger partial charge in [-0.2, -0.15) is 0 Å². The van der Waals surface area contributed by atoms with Gasteiger partial charge in [-0.1, -0.05) is 6.07 Å². The molecule has 2 aromatic rings. The van der Waals surface area contributed by atoms with Gasteiger partial charge >= 0.3 is 5.97 Å². The van der Waals surface area contributed by atoms with Crippen molar-refractivity contribution in [1.29, 1.82) is 0 Å². The Kier molecular flexibility index (Phi) is 4.46. The number of carbonyl (C=O) groups excluding carboxylic acids is 1. The summed E-state index contributed by atoms with van der Waals surface area (Å²) in [6.07, 6.45) is 4.42. The number of aromatic nitrogens is 1. The molecule has 1 saturated carbocycles. The number of fused-ring (bicyclic) bond motifs is 1. The number of methoxy groups -OCH3 is 1. The van der Waals surface area contributed by atoms with E-state index in [2.05, 4.69) is 21.2 Å². The lowest BCUT2D eigenvalue weighted by molar-refractivity contribution is 0.0602. The molecule has 4 nitrogen and oxygen atoms in total. The highest BCUT2D eigenvalue weighted by Crippen LogP contribution is 2.40. The topological polar surface area (TPSA) is 51.5 Å². The Hall–Kier alpha value is -0.730. The van der Waals surface area contributed by atoms with Crippen LogP contribution in [-0.4, -0.2) is 28.3 Å². The lowest BCUT2D eigenvalue weighted by atomic mass is 9.93. The number of hydrogen-bond donors (Lipinski definition) is 1. The van der Waals surface area contributed by atoms with Crippen LogP contribution in [0.2, 0.25) is 0 Å². The number of nitrogens with zero attached hydrogens (tertiary/aromatic N) is 1. The largest absolute Gasteiger partial charge is 0.465 e. The number of aliphatic hydroxyl groups is 1. The maximum atomic E-state index is 12.0. The Morgan fingerprint density at radius 3 is 2.86 bits per heavy atom. The number of esters is 1. The first kappa shape index (κ1) is 15.2. The predicted octanol–water partition coefficient (Wildman–Crippen LogP) is 3.90. The Labute approximate surface area is 139 Å². The van der Waals surface area contributed by atoms with Crippen molar-refractivity contribution >= 4 is 47.2 Å². The van der Waals surface area contributed by atoms with Crippen LogP contribution in [0.25, 0.3) is 10.9 Å². The number of benzene rings is 1. The van der Waals surface area contributed by atoms with Gasteiger partial charge in [0.15, 0.2) is 0 Å². The van der Waals surface area contributed by atoms with E-state index in [1.807, 2.05) is 28.4 Å². The number of ether oxygens (including phenoxy) is 1. The number of aliphatic hydroxyl groups excluding tert-OH is 1. The maximum absolute atomic E-state index is 12.0. The minimum atomic E-state index is -0.316. The summed E-state index contributed by atoms with van der Waals surface area (Å²) in [5, 5.41) is 10.9. The molecular formula is C15H16INO3S. The third-order valence-corrected chi connectivity index (χ3v) is 5.90. The van der Waals surface area contributed by atoms with E-state index in [1.165, 1.54) is 21.8 Å². The van der Waals surface area contributed by atoms with Crippen molar-refractivity contribution in [3.63, 3.8) is 0 Å². The van der Waals surface area contributed by atoms with Gasteiger partial charge in [-0.05, 0) is 42.9 Å². The van der Waals surface area contributed by atoms with E-state index in [-0.39, 0.29) is 12.1 Å². The van der Waals surface area contributed by atoms with Gasteiger partial charge in [0.1, 0.15) is 0 Å². The normalized spacial score (nSPS) is 21.9. The van der Waals surface area contributed by atoms with Gasteiger partial charge in [0.05, 0.1) is 24.3 Å². The van der Waals surface area contributed by atoms with Gasteiger partial charge in [0.25, 0.3) is 0 Å². The van der Waals surface area contributed by atoms with Crippen LogP contribution < -0.4 is 0 Å². The average molecular weight is 417 g/mol. The van der Waals surface area contributed by atoms with Crippen molar-refractivity contribution in [2.24, 2.45) is 0 Å². The molecule has 0 amide bonds. The molecule has 21 heavy (non-hydrogen) atoms. The molecule has 0 unspecified atom stereocenters. The highest BCUT2D eigenvalue weighted by Gasteiger charge is 2.27. The first-order valence-corrected chi connectivity index (χ1v) is 10.2. The summed E-state index contributed by atoms with van der Waals surface area (Å²) in [6, 6.07) is 5.91. The Morgan fingerprint density at radius 2 is 2.24 bits per heavy atom. The quantitative estimate of drug-likeness (QED) is 0.608. The molecule has 1 aromatic heterocycles. The van der Waals surface area contributed by atoms with E-state index in [4.69, 9.17) is 4.74 Å². The zero-order valence-corrected chi connectivity index (χ0v) is 14.6. The van der Waals surface area contributed by atoms with Gasteiger partial charge < -0.3 is 9.84 Å². The Morgan fingerprint density at radius 1 is 1.43 bits per heavy atom. The summed E-state index contributed by atoms with van der Waals surface area (Å²) in [5.74, 6) is 0.0488. The number of hydrogen-bond acceptors (Lipinski definition) is 4. The summed E-state index contributed by atoms with van der Waals surface area (Å²) < 4.78 is 6.87. The first-order valence-electron chi connectivity index (χ1n) is 6.85. The van der Waals surface area contributed by atoms with Crippen LogP contribution in [0.3, 0.4) is 0 Å². The average Bonchev–Trinajstić information content (AvgIpc) is 3.11. The lowest BCUT2D eigenvalue weighted by Gasteiger charge is -2.14. The van der Waals surface area contributed by atoms with Crippen molar-refractivity contribution in [2.45, 2.75) is 31.3 Å². The van der Waals surface area contributed by atoms with Crippen LogP contribution in [0.4, 0.5) is 0 Å². The SMILES string of the molecule is COC(=O)c1ccc([C@@H]2CC[C@H](O)C2)c2ccn(SI)c12. The molecular weight excluding hydrogens is 401 g/mol. The fourth-order valence-corrected chi connectivity index (χ4v) is 4.54. The van der Waals surface area contributed by atoms with Gasteiger partial charge in [0.2, 0.25) is 0 Å². The molecule has 0 spiro atoms. The third-order valence-electron chi connectivity index (χ3n) is 4.17. The van der Waals surface area contributed by atoms with Gasteiger partial charge in [-0.15, -0.1) is 0 Å². The van der Waals surface area contributed by atoms with Crippen LogP contribution in [0.1, 0.15) is 41.1 Å². The van der Waals surface area contributed by atoms with Gasteiger partial charge in [-0.3, -0.25) is 3.97 Å². The molecule has 3 rings (SSSR count). The standard InChI is InChI=1S/C15H16INO3S/c1-20-15(19)13-5-4-11(9-2-3-10(18)8-9)12-6-7-17(21-16)14(12)13/h4-7,9-10,18H,2-3,8H2,1H3/t9-,10+/m1/s1. The molecule has 1 aromatic carbocycles. The smallest absolute Gasteiger partial charge is 0.340 e. The van der Waals surface area contributed by atoms with Crippen LogP contribution in [-0.2, 0) is 4.74 Å². The molecule has 1 aliphatic carbocycles. The number of halogens is 1. The molecule has 1 N–H and O–H groups in total. The highest BCUT2D eigenvalue weighted by atomic mass is 127. The molecule has 0 bridgehead atoms. The van der Waals surface area contributed by atoms with E-state index in [9.17, 15) is 9.90 Å². The van der Waals surface area contributed by atoms with Crippen LogP contribution in [0.5, 0.6) is 0 Å². The summed E-state index contributed by atoms with van der Waals surface area (Å²) in [4.78, 5) is 12.0. The molecule has 1 fully saturated rings. The van der Waals surface area contributed by atoms with Crippen molar-refractivity contribution in [3.8, 4) is 0 Å². The molecule has 1 aliphatic rings. The van der Waals surface area contributed by atoms with Crippen LogP contribution in [0, 0.1) is 0 Å². The van der Waals surface area contributed by atoms with Crippen LogP contribution in [0.15, 0.2) is 24.4 Å². The van der Waals surface area contributed by atoms with E-state index in [0.717, 1.165) is 30.2 Å². The third kappa shape index (κ3) is 2.68. The summed E-state index contributed by atoms with van der Waals surface area (Å²) >= 11 is 2.20. The van der Waals surface area contributed by atoms with E-state index in [1.54, 1.807) is 0 Å². The second kappa shape index (κ2) is 6.18. The molecule has 1 heterocycles. The van der Waals surface area contributed by atoms with E-state index < -0.39 is 0 Å². The highest BCUT2D eigenvalue weighted by molar-refractivity contribution is 14.2. The van der Waals surface area contributed by atoms with E-state index >= 15 is 0 Å².